The maximum absolute atomic E-state index is 13.0. The van der Waals surface area contributed by atoms with E-state index in [2.05, 4.69) is 14.0 Å². The van der Waals surface area contributed by atoms with Gasteiger partial charge in [-0.25, -0.2) is 0 Å². The lowest BCUT2D eigenvalue weighted by atomic mass is 9.99. The van der Waals surface area contributed by atoms with Crippen molar-refractivity contribution in [3.05, 3.63) is 0 Å². The predicted molar refractivity (Wildman–Crippen MR) is 180 cm³/mol. The molecule has 6 atom stereocenters. The summed E-state index contributed by atoms with van der Waals surface area (Å²) in [6, 6.07) is 0. The first kappa shape index (κ1) is 42.9. The summed E-state index contributed by atoms with van der Waals surface area (Å²) in [5.74, 6) is 0. The average molecular weight is 669 g/mol. The second-order valence-electron chi connectivity index (χ2n) is 13.2. The zero-order valence-corrected chi connectivity index (χ0v) is 30.2. The monoisotopic (exact) mass is 668 g/mol. The second kappa shape index (κ2) is 25.8. The van der Waals surface area contributed by atoms with Crippen molar-refractivity contribution in [1.29, 1.82) is 0 Å². The molecule has 0 aromatic carbocycles. The minimum atomic E-state index is -3.07. The van der Waals surface area contributed by atoms with Crippen LogP contribution in [0.25, 0.3) is 0 Å². The van der Waals surface area contributed by atoms with Crippen molar-refractivity contribution in [2.24, 2.45) is 0 Å². The van der Waals surface area contributed by atoms with E-state index in [1.165, 1.54) is 83.5 Å². The minimum absolute atomic E-state index is 0.325. The number of hydrogen-bond donors (Lipinski definition) is 4. The Hall–Kier alpha value is -0.130. The van der Waals surface area contributed by atoms with E-state index in [4.69, 9.17) is 18.5 Å². The van der Waals surface area contributed by atoms with Crippen molar-refractivity contribution in [3.63, 3.8) is 0 Å². The van der Waals surface area contributed by atoms with Crippen LogP contribution < -0.4 is 0 Å². The normalized spacial score (nSPS) is 23.8. The summed E-state index contributed by atoms with van der Waals surface area (Å²) in [6.45, 7) is 9.42. The molecule has 4 N–H and O–H groups in total. The fourth-order valence-corrected chi connectivity index (χ4v) is 7.88. The molecule has 0 radical (unpaired) electrons. The van der Waals surface area contributed by atoms with Crippen LogP contribution >= 0.6 is 7.60 Å². The molecule has 1 saturated heterocycles. The van der Waals surface area contributed by atoms with Crippen molar-refractivity contribution in [1.82, 2.24) is 0 Å². The molecule has 0 bridgehead atoms. The van der Waals surface area contributed by atoms with Crippen molar-refractivity contribution in [3.8, 4) is 0 Å². The molecular formula is C34H71NO9P+. The molecule has 1 aliphatic rings. The number of rotatable bonds is 30. The zero-order valence-electron chi connectivity index (χ0n) is 29.3. The molecule has 10 nitrogen and oxygen atoms in total. The smallest absolute Gasteiger partial charge is 0.330 e. The highest BCUT2D eigenvalue weighted by Crippen LogP contribution is 2.48. The summed E-state index contributed by atoms with van der Waals surface area (Å²) in [6.07, 6.45) is 15.2. The van der Waals surface area contributed by atoms with Crippen molar-refractivity contribution in [2.45, 2.75) is 161 Å². The van der Waals surface area contributed by atoms with Crippen LogP contribution in [0.15, 0.2) is 0 Å². The number of aliphatic hydroxyl groups excluding tert-OH is 4. The SMILES string of the molecule is CCCCCCCCCCCCCCCC[N+](C)(CCCCO[C@@H]1O[C@H](CO)[C@@H](O)[C@H](O)[C@H]1O)CCCP(=O)(OCC)OCC. The summed E-state index contributed by atoms with van der Waals surface area (Å²) in [7, 11) is -0.795. The zero-order chi connectivity index (χ0) is 33.4. The Morgan fingerprint density at radius 1 is 0.644 bits per heavy atom. The number of quaternary nitrogens is 1. The molecule has 0 amide bonds. The number of aliphatic hydroxyl groups is 4. The van der Waals surface area contributed by atoms with Crippen LogP contribution in [0.4, 0.5) is 0 Å². The molecular weight excluding hydrogens is 597 g/mol. The highest BCUT2D eigenvalue weighted by atomic mass is 31.2. The van der Waals surface area contributed by atoms with E-state index in [9.17, 15) is 25.0 Å². The predicted octanol–water partition coefficient (Wildman–Crippen LogP) is 6.17. The third-order valence-corrected chi connectivity index (χ3v) is 11.2. The van der Waals surface area contributed by atoms with Crippen LogP contribution in [0.3, 0.4) is 0 Å². The first-order chi connectivity index (χ1) is 21.6. The summed E-state index contributed by atoms with van der Waals surface area (Å²) < 4.78 is 36.0. The lowest BCUT2D eigenvalue weighted by Crippen LogP contribution is -2.59. The van der Waals surface area contributed by atoms with Gasteiger partial charge in [-0.05, 0) is 39.5 Å². The maximum atomic E-state index is 13.0. The largest absolute Gasteiger partial charge is 0.394 e. The van der Waals surface area contributed by atoms with Gasteiger partial charge in [0.05, 0.1) is 59.3 Å². The van der Waals surface area contributed by atoms with Crippen LogP contribution in [0.2, 0.25) is 0 Å². The Morgan fingerprint density at radius 3 is 1.60 bits per heavy atom. The highest BCUT2D eigenvalue weighted by Gasteiger charge is 2.44. The van der Waals surface area contributed by atoms with Crippen LogP contribution in [0, 0.1) is 0 Å². The van der Waals surface area contributed by atoms with Gasteiger partial charge in [0.1, 0.15) is 24.4 Å². The van der Waals surface area contributed by atoms with E-state index < -0.39 is 44.9 Å². The summed E-state index contributed by atoms with van der Waals surface area (Å²) >= 11 is 0. The van der Waals surface area contributed by atoms with E-state index in [-0.39, 0.29) is 0 Å². The molecule has 0 saturated carbocycles. The van der Waals surface area contributed by atoms with Gasteiger partial charge in [-0.3, -0.25) is 4.57 Å². The molecule has 0 aliphatic carbocycles. The fourth-order valence-electron chi connectivity index (χ4n) is 6.23. The molecule has 0 aromatic heterocycles. The standard InChI is InChI=1S/C34H71NO9P/c1-5-8-9-10-11-12-13-14-15-16-17-18-19-20-24-35(4,26-23-28-45(40,42-6-2)43-7-3)25-21-22-27-41-34-33(39)32(38)31(37)30(29-36)44-34/h30-34,36-39H,5-29H2,1-4H3/q+1/t30-,31-,32+,33-,34-,35?/m1/s1. The topological polar surface area (TPSA) is 135 Å². The van der Waals surface area contributed by atoms with Gasteiger partial charge in [0.15, 0.2) is 6.29 Å². The summed E-state index contributed by atoms with van der Waals surface area (Å²) in [4.78, 5) is 0. The van der Waals surface area contributed by atoms with Gasteiger partial charge in [-0.1, -0.05) is 84.0 Å². The highest BCUT2D eigenvalue weighted by molar-refractivity contribution is 7.53. The quantitative estimate of drug-likeness (QED) is 0.0403. The Bertz CT molecular complexity index is 736. The molecule has 1 fully saturated rings. The van der Waals surface area contributed by atoms with E-state index in [0.717, 1.165) is 49.8 Å². The molecule has 1 unspecified atom stereocenters. The van der Waals surface area contributed by atoms with Crippen LogP contribution in [-0.2, 0) is 23.1 Å². The molecule has 0 aromatic rings. The minimum Gasteiger partial charge on any atom is -0.394 e. The average Bonchev–Trinajstić information content (AvgIpc) is 3.01. The number of hydrogen-bond acceptors (Lipinski definition) is 9. The first-order valence-electron chi connectivity index (χ1n) is 18.3. The number of nitrogens with zero attached hydrogens (tertiary/aromatic N) is 1. The maximum Gasteiger partial charge on any atom is 0.330 e. The van der Waals surface area contributed by atoms with Gasteiger partial charge in [0.25, 0.3) is 0 Å². The molecule has 11 heteroatoms. The van der Waals surface area contributed by atoms with Crippen molar-refractivity contribution in [2.75, 3.05) is 59.3 Å². The van der Waals surface area contributed by atoms with Gasteiger partial charge < -0.3 is 43.4 Å². The van der Waals surface area contributed by atoms with E-state index in [0.29, 0.717) is 26.0 Å². The van der Waals surface area contributed by atoms with E-state index in [1.54, 1.807) is 0 Å². The Morgan fingerprint density at radius 2 is 1.11 bits per heavy atom. The van der Waals surface area contributed by atoms with Gasteiger partial charge in [0.2, 0.25) is 0 Å². The molecule has 45 heavy (non-hydrogen) atoms. The first-order valence-corrected chi connectivity index (χ1v) is 20.0. The fraction of sp³-hybridized carbons (Fsp3) is 1.00. The molecule has 1 heterocycles. The summed E-state index contributed by atoms with van der Waals surface area (Å²) in [5, 5.41) is 39.6. The Kier molecular flexibility index (Phi) is 24.6. The third kappa shape index (κ3) is 18.9. The van der Waals surface area contributed by atoms with Crippen LogP contribution in [-0.4, -0.2) is 115 Å². The lowest BCUT2D eigenvalue weighted by molar-refractivity contribution is -0.910. The second-order valence-corrected chi connectivity index (χ2v) is 15.4. The van der Waals surface area contributed by atoms with Gasteiger partial charge in [-0.2, -0.15) is 0 Å². The Labute approximate surface area is 275 Å². The number of ether oxygens (including phenoxy) is 2. The van der Waals surface area contributed by atoms with Gasteiger partial charge in [0, 0.05) is 6.42 Å². The van der Waals surface area contributed by atoms with Crippen molar-refractivity contribution >= 4 is 7.60 Å². The summed E-state index contributed by atoms with van der Waals surface area (Å²) in [5.41, 5.74) is 0. The Balaban J connectivity index is 2.43. The molecule has 1 aliphatic heterocycles. The van der Waals surface area contributed by atoms with E-state index >= 15 is 0 Å². The van der Waals surface area contributed by atoms with Gasteiger partial charge in [-0.15, -0.1) is 0 Å². The number of unbranched alkanes of at least 4 members (excludes halogenated alkanes) is 14. The lowest BCUT2D eigenvalue weighted by Gasteiger charge is -2.39. The third-order valence-electron chi connectivity index (χ3n) is 9.06. The van der Waals surface area contributed by atoms with E-state index in [1.807, 2.05) is 13.8 Å². The van der Waals surface area contributed by atoms with Crippen LogP contribution in [0.5, 0.6) is 0 Å². The van der Waals surface area contributed by atoms with Crippen LogP contribution in [0.1, 0.15) is 130 Å². The van der Waals surface area contributed by atoms with Gasteiger partial charge >= 0.3 is 7.60 Å². The molecule has 0 spiro atoms. The van der Waals surface area contributed by atoms with Crippen molar-refractivity contribution < 1.29 is 48.0 Å². The molecule has 1 rings (SSSR count). The molecule has 270 valence electrons.